The van der Waals surface area contributed by atoms with Crippen molar-refractivity contribution in [1.82, 2.24) is 25.8 Å². The van der Waals surface area contributed by atoms with E-state index in [1.54, 1.807) is 46.4 Å². The van der Waals surface area contributed by atoms with E-state index in [2.05, 4.69) is 29.8 Å². The summed E-state index contributed by atoms with van der Waals surface area (Å²) in [5.41, 5.74) is -1.02. The average Bonchev–Trinajstić information content (AvgIpc) is 2.85. The maximum absolute atomic E-state index is 13.4. The number of aliphatic hydroxyl groups excluding tert-OH is 1. The standard InChI is InChI=1S/C33H57N5O6/c1-23(2)17-18-37(29(42)36-31(3,4)5)21-26(39)25(19-24-15-13-12-14-16-24)35-27(40)22-38(32(6,7)8)28(41)20-34-30(43)44-33(9,10)11/h12-16,23,25-26,39H,17-22H2,1-11H3,(H,34,43)(H,35,40)(H,36,42)/t25-,26+/m0/s1. The van der Waals surface area contributed by atoms with Crippen molar-refractivity contribution in [2.75, 3.05) is 26.2 Å². The molecule has 0 aliphatic rings. The fraction of sp³-hybridized carbons (Fsp3) is 0.697. The van der Waals surface area contributed by atoms with E-state index in [-0.39, 0.29) is 25.7 Å². The summed E-state index contributed by atoms with van der Waals surface area (Å²) in [5.74, 6) is -0.585. The van der Waals surface area contributed by atoms with Crippen LogP contribution in [0.3, 0.4) is 0 Å². The molecule has 0 aliphatic heterocycles. The Bertz CT molecular complexity index is 1070. The number of rotatable bonds is 13. The molecular formula is C33H57N5O6. The van der Waals surface area contributed by atoms with Gasteiger partial charge in [0.25, 0.3) is 0 Å². The largest absolute Gasteiger partial charge is 0.444 e. The Morgan fingerprint density at radius 3 is 2.02 bits per heavy atom. The lowest BCUT2D eigenvalue weighted by Crippen LogP contribution is -2.57. The van der Waals surface area contributed by atoms with Gasteiger partial charge in [-0.1, -0.05) is 44.2 Å². The molecule has 0 aliphatic carbocycles. The number of benzene rings is 1. The summed E-state index contributed by atoms with van der Waals surface area (Å²) in [5, 5.41) is 19.8. The molecule has 5 amide bonds. The summed E-state index contributed by atoms with van der Waals surface area (Å²) in [6, 6.07) is 8.42. The molecule has 0 heterocycles. The SMILES string of the molecule is CC(C)CCN(C[C@@H](O)[C@H](Cc1ccccc1)NC(=O)CN(C(=O)CNC(=O)OC(C)(C)C)C(C)(C)C)C(=O)NC(C)(C)C. The van der Waals surface area contributed by atoms with Gasteiger partial charge in [0.1, 0.15) is 18.7 Å². The van der Waals surface area contributed by atoms with Crippen molar-refractivity contribution in [2.45, 2.75) is 118 Å². The molecule has 1 rings (SSSR count). The number of carbonyl (C=O) groups excluding carboxylic acids is 4. The molecule has 1 aromatic rings. The Morgan fingerprint density at radius 1 is 0.932 bits per heavy atom. The quantitative estimate of drug-likeness (QED) is 0.262. The zero-order valence-corrected chi connectivity index (χ0v) is 28.7. The Balaban J connectivity index is 3.14. The van der Waals surface area contributed by atoms with Crippen LogP contribution in [0.1, 0.15) is 88.1 Å². The van der Waals surface area contributed by atoms with Crippen LogP contribution in [-0.2, 0) is 20.7 Å². The number of nitrogens with zero attached hydrogens (tertiary/aromatic N) is 2. The Hall–Kier alpha value is -3.34. The molecule has 0 unspecified atom stereocenters. The molecule has 0 bridgehead atoms. The van der Waals surface area contributed by atoms with E-state index in [0.29, 0.717) is 18.9 Å². The first-order valence-electron chi connectivity index (χ1n) is 15.4. The molecule has 250 valence electrons. The monoisotopic (exact) mass is 619 g/mol. The summed E-state index contributed by atoms with van der Waals surface area (Å²) in [7, 11) is 0. The van der Waals surface area contributed by atoms with Gasteiger partial charge >= 0.3 is 12.1 Å². The number of urea groups is 1. The third-order valence-electron chi connectivity index (χ3n) is 6.46. The maximum Gasteiger partial charge on any atom is 0.408 e. The minimum Gasteiger partial charge on any atom is -0.444 e. The molecule has 0 fully saturated rings. The van der Waals surface area contributed by atoms with Crippen molar-refractivity contribution in [3.63, 3.8) is 0 Å². The highest BCUT2D eigenvalue weighted by Gasteiger charge is 2.32. The van der Waals surface area contributed by atoms with E-state index in [4.69, 9.17) is 4.74 Å². The first-order chi connectivity index (χ1) is 20.1. The number of alkyl carbamates (subject to hydrolysis) is 1. The lowest BCUT2D eigenvalue weighted by atomic mass is 10.00. The van der Waals surface area contributed by atoms with E-state index in [1.807, 2.05) is 51.1 Å². The summed E-state index contributed by atoms with van der Waals surface area (Å²) >= 11 is 0. The lowest BCUT2D eigenvalue weighted by Gasteiger charge is -2.36. The third kappa shape index (κ3) is 15.9. The fourth-order valence-corrected chi connectivity index (χ4v) is 4.25. The van der Waals surface area contributed by atoms with E-state index < -0.39 is 46.7 Å². The summed E-state index contributed by atoms with van der Waals surface area (Å²) in [6.07, 6.45) is -0.756. The third-order valence-corrected chi connectivity index (χ3v) is 6.46. The minimum absolute atomic E-state index is 0.00807. The number of nitrogens with one attached hydrogen (secondary N) is 3. The highest BCUT2D eigenvalue weighted by atomic mass is 16.6. The second-order valence-electron chi connectivity index (χ2n) is 14.7. The Morgan fingerprint density at radius 2 is 1.52 bits per heavy atom. The zero-order chi connectivity index (χ0) is 33.9. The van der Waals surface area contributed by atoms with Crippen molar-refractivity contribution in [3.05, 3.63) is 35.9 Å². The van der Waals surface area contributed by atoms with Gasteiger partial charge in [-0.15, -0.1) is 0 Å². The summed E-state index contributed by atoms with van der Waals surface area (Å²) < 4.78 is 5.22. The van der Waals surface area contributed by atoms with E-state index in [0.717, 1.165) is 12.0 Å². The van der Waals surface area contributed by atoms with Crippen LogP contribution in [0.15, 0.2) is 30.3 Å². The number of carbonyl (C=O) groups is 4. The molecule has 11 heteroatoms. The van der Waals surface area contributed by atoms with Crippen LogP contribution >= 0.6 is 0 Å². The molecule has 44 heavy (non-hydrogen) atoms. The van der Waals surface area contributed by atoms with Gasteiger partial charge in [-0.05, 0) is 86.6 Å². The normalized spacial score (nSPS) is 13.5. The van der Waals surface area contributed by atoms with Crippen LogP contribution in [0.2, 0.25) is 0 Å². The molecule has 0 aromatic heterocycles. The van der Waals surface area contributed by atoms with Crippen LogP contribution in [0.4, 0.5) is 9.59 Å². The van der Waals surface area contributed by atoms with Gasteiger partial charge in [-0.25, -0.2) is 9.59 Å². The van der Waals surface area contributed by atoms with Crippen molar-refractivity contribution in [2.24, 2.45) is 5.92 Å². The molecule has 0 radical (unpaired) electrons. The van der Waals surface area contributed by atoms with Gasteiger partial charge in [0.05, 0.1) is 18.7 Å². The van der Waals surface area contributed by atoms with Crippen LogP contribution in [0.25, 0.3) is 0 Å². The maximum atomic E-state index is 13.4. The number of hydrogen-bond acceptors (Lipinski definition) is 6. The van der Waals surface area contributed by atoms with Crippen LogP contribution in [0.5, 0.6) is 0 Å². The molecule has 0 saturated carbocycles. The number of ether oxygens (including phenoxy) is 1. The molecule has 0 saturated heterocycles. The van der Waals surface area contributed by atoms with Crippen molar-refractivity contribution < 1.29 is 29.0 Å². The second-order valence-corrected chi connectivity index (χ2v) is 14.7. The van der Waals surface area contributed by atoms with Crippen molar-refractivity contribution in [3.8, 4) is 0 Å². The van der Waals surface area contributed by atoms with Gasteiger partial charge in [-0.3, -0.25) is 9.59 Å². The van der Waals surface area contributed by atoms with Gasteiger partial charge < -0.3 is 35.6 Å². The van der Waals surface area contributed by atoms with E-state index in [1.165, 1.54) is 4.90 Å². The first kappa shape index (κ1) is 38.7. The second kappa shape index (κ2) is 16.7. The fourth-order valence-electron chi connectivity index (χ4n) is 4.25. The molecule has 2 atom stereocenters. The van der Waals surface area contributed by atoms with Gasteiger partial charge in [0.2, 0.25) is 11.8 Å². The van der Waals surface area contributed by atoms with Crippen LogP contribution in [-0.4, -0.2) is 93.8 Å². The number of amides is 5. The summed E-state index contributed by atoms with van der Waals surface area (Å²) in [4.78, 5) is 54.8. The predicted octanol–water partition coefficient (Wildman–Crippen LogP) is 4.08. The Labute approximate surface area is 264 Å². The van der Waals surface area contributed by atoms with Crippen molar-refractivity contribution in [1.29, 1.82) is 0 Å². The summed E-state index contributed by atoms with van der Waals surface area (Å²) in [6.45, 7) is 20.2. The first-order valence-corrected chi connectivity index (χ1v) is 15.4. The Kier molecular flexibility index (Phi) is 14.6. The molecule has 4 N–H and O–H groups in total. The number of aliphatic hydroxyl groups is 1. The van der Waals surface area contributed by atoms with Crippen molar-refractivity contribution >= 4 is 23.9 Å². The molecular weight excluding hydrogens is 562 g/mol. The molecule has 1 aromatic carbocycles. The highest BCUT2D eigenvalue weighted by molar-refractivity contribution is 5.88. The lowest BCUT2D eigenvalue weighted by molar-refractivity contribution is -0.140. The van der Waals surface area contributed by atoms with E-state index in [9.17, 15) is 24.3 Å². The van der Waals surface area contributed by atoms with Crippen LogP contribution in [0, 0.1) is 5.92 Å². The van der Waals surface area contributed by atoms with Gasteiger partial charge in [-0.2, -0.15) is 0 Å². The number of hydrogen-bond donors (Lipinski definition) is 4. The highest BCUT2D eigenvalue weighted by Crippen LogP contribution is 2.15. The average molecular weight is 620 g/mol. The zero-order valence-electron chi connectivity index (χ0n) is 28.7. The topological polar surface area (TPSA) is 140 Å². The minimum atomic E-state index is -1.09. The predicted molar refractivity (Wildman–Crippen MR) is 173 cm³/mol. The van der Waals surface area contributed by atoms with Crippen LogP contribution < -0.4 is 16.0 Å². The van der Waals surface area contributed by atoms with E-state index >= 15 is 0 Å². The molecule has 11 nitrogen and oxygen atoms in total. The smallest absolute Gasteiger partial charge is 0.408 e. The van der Waals surface area contributed by atoms with Gasteiger partial charge in [0, 0.05) is 17.6 Å². The van der Waals surface area contributed by atoms with Gasteiger partial charge in [0.15, 0.2) is 0 Å². The molecule has 0 spiro atoms.